The molecule has 268 valence electrons. The average molecular weight is 720 g/mol. The lowest BCUT2D eigenvalue weighted by molar-refractivity contribution is -0.127. The molecular formula is C43H43ClFN3O4. The van der Waals surface area contributed by atoms with Gasteiger partial charge in [0.2, 0.25) is 11.8 Å². The number of aryl methyl sites for hydroxylation is 2. The molecule has 0 radical (unpaired) electrons. The number of rotatable bonds is 14. The molecule has 5 aromatic rings. The van der Waals surface area contributed by atoms with Crippen LogP contribution in [0.4, 0.5) is 4.39 Å². The highest BCUT2D eigenvalue weighted by Gasteiger charge is 2.20. The Kier molecular flexibility index (Phi) is 12.6. The zero-order valence-corrected chi connectivity index (χ0v) is 30.3. The molecule has 0 N–H and O–H groups in total. The van der Waals surface area contributed by atoms with Crippen LogP contribution < -0.4 is 14.2 Å². The fraction of sp³-hybridized carbons (Fsp3) is 0.256. The number of hydrogen-bond acceptors (Lipinski definition) is 6. The third-order valence-electron chi connectivity index (χ3n) is 8.96. The highest BCUT2D eigenvalue weighted by Crippen LogP contribution is 2.34. The molecule has 1 saturated heterocycles. The summed E-state index contributed by atoms with van der Waals surface area (Å²) in [6.07, 6.45) is 6.55. The molecule has 4 aromatic carbocycles. The van der Waals surface area contributed by atoms with Gasteiger partial charge in [-0.15, -0.1) is 0 Å². The summed E-state index contributed by atoms with van der Waals surface area (Å²) in [7, 11) is 0. The topological polar surface area (TPSA) is 64.1 Å². The van der Waals surface area contributed by atoms with E-state index in [2.05, 4.69) is 65.3 Å². The highest BCUT2D eigenvalue weighted by molar-refractivity contribution is 6.32. The second-order valence-corrected chi connectivity index (χ2v) is 13.4. The van der Waals surface area contributed by atoms with Crippen LogP contribution in [-0.4, -0.2) is 60.1 Å². The predicted molar refractivity (Wildman–Crippen MR) is 204 cm³/mol. The van der Waals surface area contributed by atoms with Crippen LogP contribution in [0.5, 0.6) is 23.1 Å². The lowest BCUT2D eigenvalue weighted by atomic mass is 10.1. The molecule has 0 spiro atoms. The standard InChI is InChI=1S/C43H43ClFN3O4/c1-31-7-9-33(10-8-31)19-25-50-37-16-17-41(46-29-37)52-43-32(2)27-36(28-38(43)44)15-18-42(49)48-23-21-47(22-24-48)30-35-13-11-34(12-14-35)20-26-51-40-6-4-3-5-39(40)45/h3-18,27-29H,19-26,30H2,1-2H3/b18-15+. The summed E-state index contributed by atoms with van der Waals surface area (Å²) in [4.78, 5) is 21.7. The molecule has 0 aliphatic carbocycles. The number of carbonyl (C=O) groups excluding carboxylic acids is 1. The Labute approximate surface area is 310 Å². The van der Waals surface area contributed by atoms with Crippen molar-refractivity contribution in [2.75, 3.05) is 39.4 Å². The SMILES string of the molecule is Cc1ccc(CCOc2ccc(Oc3c(C)cc(/C=C/C(=O)N4CCN(Cc5ccc(CCOc6ccccc6F)cc5)CC4)cc3Cl)nc2)cc1. The van der Waals surface area contributed by atoms with Gasteiger partial charge in [0.05, 0.1) is 24.4 Å². The van der Waals surface area contributed by atoms with Gasteiger partial charge in [-0.05, 0) is 78.1 Å². The van der Waals surface area contributed by atoms with E-state index in [0.29, 0.717) is 55.1 Å². The first-order valence-electron chi connectivity index (χ1n) is 17.6. The van der Waals surface area contributed by atoms with Crippen LogP contribution >= 0.6 is 11.6 Å². The first kappa shape index (κ1) is 36.6. The van der Waals surface area contributed by atoms with E-state index in [0.717, 1.165) is 42.7 Å². The maximum atomic E-state index is 13.8. The largest absolute Gasteiger partial charge is 0.492 e. The van der Waals surface area contributed by atoms with E-state index < -0.39 is 0 Å². The van der Waals surface area contributed by atoms with Crippen LogP contribution in [0, 0.1) is 19.7 Å². The quantitative estimate of drug-likeness (QED) is 0.107. The molecular weight excluding hydrogens is 677 g/mol. The third-order valence-corrected chi connectivity index (χ3v) is 9.24. The Hall–Kier alpha value is -5.18. The first-order chi connectivity index (χ1) is 25.3. The Morgan fingerprint density at radius 1 is 0.827 bits per heavy atom. The molecule has 6 rings (SSSR count). The van der Waals surface area contributed by atoms with E-state index >= 15 is 0 Å². The number of aromatic nitrogens is 1. The summed E-state index contributed by atoms with van der Waals surface area (Å²) in [5, 5.41) is 0.435. The van der Waals surface area contributed by atoms with Crippen molar-refractivity contribution in [3.05, 3.63) is 154 Å². The number of amides is 1. The third kappa shape index (κ3) is 10.4. The van der Waals surface area contributed by atoms with Crippen LogP contribution in [0.3, 0.4) is 0 Å². The number of hydrogen-bond donors (Lipinski definition) is 0. The van der Waals surface area contributed by atoms with Crippen molar-refractivity contribution < 1.29 is 23.4 Å². The van der Waals surface area contributed by atoms with Gasteiger partial charge in [0.25, 0.3) is 0 Å². The van der Waals surface area contributed by atoms with Crippen molar-refractivity contribution in [1.29, 1.82) is 0 Å². The summed E-state index contributed by atoms with van der Waals surface area (Å²) < 4.78 is 31.2. The van der Waals surface area contributed by atoms with E-state index in [1.807, 2.05) is 24.0 Å². The van der Waals surface area contributed by atoms with Crippen LogP contribution in [0.2, 0.25) is 5.02 Å². The van der Waals surface area contributed by atoms with Crippen molar-refractivity contribution in [2.24, 2.45) is 0 Å². The molecule has 1 aromatic heterocycles. The van der Waals surface area contributed by atoms with Crippen molar-refractivity contribution >= 4 is 23.6 Å². The molecule has 0 unspecified atom stereocenters. The van der Waals surface area contributed by atoms with E-state index in [4.69, 9.17) is 25.8 Å². The number of para-hydroxylation sites is 1. The molecule has 1 fully saturated rings. The van der Waals surface area contributed by atoms with E-state index in [9.17, 15) is 9.18 Å². The Balaban J connectivity index is 0.924. The van der Waals surface area contributed by atoms with Gasteiger partial charge in [-0.25, -0.2) is 9.37 Å². The van der Waals surface area contributed by atoms with E-state index in [1.54, 1.807) is 48.7 Å². The van der Waals surface area contributed by atoms with Gasteiger partial charge in [-0.1, -0.05) is 77.8 Å². The maximum absolute atomic E-state index is 13.8. The van der Waals surface area contributed by atoms with E-state index in [1.165, 1.54) is 22.8 Å². The molecule has 0 atom stereocenters. The fourth-order valence-electron chi connectivity index (χ4n) is 5.95. The second-order valence-electron chi connectivity index (χ2n) is 12.9. The Morgan fingerprint density at radius 2 is 1.50 bits per heavy atom. The zero-order chi connectivity index (χ0) is 36.3. The van der Waals surface area contributed by atoms with Crippen LogP contribution in [0.25, 0.3) is 6.08 Å². The molecule has 1 aliphatic heterocycles. The molecule has 2 heterocycles. The summed E-state index contributed by atoms with van der Waals surface area (Å²) in [5.74, 6) is 1.50. The lowest BCUT2D eigenvalue weighted by Gasteiger charge is -2.34. The summed E-state index contributed by atoms with van der Waals surface area (Å²) in [5.41, 5.74) is 6.46. The number of carbonyl (C=O) groups is 1. The number of nitrogens with zero attached hydrogens (tertiary/aromatic N) is 3. The van der Waals surface area contributed by atoms with Crippen LogP contribution in [0.1, 0.15) is 33.4 Å². The number of halogens is 2. The molecule has 9 heteroatoms. The number of benzene rings is 4. The normalized spacial score (nSPS) is 13.3. The van der Waals surface area contributed by atoms with Gasteiger partial charge in [0, 0.05) is 57.7 Å². The smallest absolute Gasteiger partial charge is 0.246 e. The minimum absolute atomic E-state index is 0.0268. The van der Waals surface area contributed by atoms with Crippen LogP contribution in [0.15, 0.2) is 109 Å². The molecule has 1 amide bonds. The summed E-state index contributed by atoms with van der Waals surface area (Å²) in [6.45, 7) is 8.68. The van der Waals surface area contributed by atoms with Gasteiger partial charge in [-0.2, -0.15) is 0 Å². The number of ether oxygens (including phenoxy) is 3. The van der Waals surface area contributed by atoms with Crippen molar-refractivity contribution in [2.45, 2.75) is 33.2 Å². The lowest BCUT2D eigenvalue weighted by Crippen LogP contribution is -2.47. The van der Waals surface area contributed by atoms with Gasteiger partial charge >= 0.3 is 0 Å². The predicted octanol–water partition coefficient (Wildman–Crippen LogP) is 8.88. The fourth-order valence-corrected chi connectivity index (χ4v) is 6.26. The zero-order valence-electron chi connectivity index (χ0n) is 29.6. The maximum Gasteiger partial charge on any atom is 0.246 e. The summed E-state index contributed by atoms with van der Waals surface area (Å²) in [6, 6.07) is 30.6. The van der Waals surface area contributed by atoms with Gasteiger partial charge in [0.1, 0.15) is 5.75 Å². The molecule has 0 saturated carbocycles. The first-order valence-corrected chi connectivity index (χ1v) is 17.9. The molecule has 0 bridgehead atoms. The molecule has 52 heavy (non-hydrogen) atoms. The Morgan fingerprint density at radius 3 is 2.17 bits per heavy atom. The Bertz CT molecular complexity index is 1940. The van der Waals surface area contributed by atoms with Crippen molar-refractivity contribution in [3.8, 4) is 23.1 Å². The highest BCUT2D eigenvalue weighted by atomic mass is 35.5. The van der Waals surface area contributed by atoms with Crippen molar-refractivity contribution in [3.63, 3.8) is 0 Å². The molecule has 7 nitrogen and oxygen atoms in total. The van der Waals surface area contributed by atoms with Gasteiger partial charge in [0.15, 0.2) is 17.3 Å². The number of piperazine rings is 1. The minimum Gasteiger partial charge on any atom is -0.492 e. The monoisotopic (exact) mass is 719 g/mol. The van der Waals surface area contributed by atoms with Gasteiger partial charge < -0.3 is 19.1 Å². The van der Waals surface area contributed by atoms with Crippen LogP contribution in [-0.2, 0) is 24.2 Å². The van der Waals surface area contributed by atoms with Crippen molar-refractivity contribution in [1.82, 2.24) is 14.8 Å². The average Bonchev–Trinajstić information content (AvgIpc) is 3.15. The number of pyridine rings is 1. The minimum atomic E-state index is -0.347. The van der Waals surface area contributed by atoms with Gasteiger partial charge in [-0.3, -0.25) is 9.69 Å². The van der Waals surface area contributed by atoms with E-state index in [-0.39, 0.29) is 17.5 Å². The summed E-state index contributed by atoms with van der Waals surface area (Å²) >= 11 is 6.63. The molecule has 1 aliphatic rings. The second kappa shape index (κ2) is 17.8.